The fraction of sp³-hybridized carbons (Fsp3) is 0.286. The molecule has 0 saturated carbocycles. The van der Waals surface area contributed by atoms with E-state index in [0.717, 1.165) is 21.1 Å². The van der Waals surface area contributed by atoms with Gasteiger partial charge in [0.05, 0.1) is 18.7 Å². The average Bonchev–Trinajstić information content (AvgIpc) is 2.71. The number of nitrogens with zero attached hydrogens (tertiary/aromatic N) is 1. The Balaban J connectivity index is 2.21. The van der Waals surface area contributed by atoms with Crippen LogP contribution in [0.25, 0.3) is 11.3 Å². The second-order valence-corrected chi connectivity index (χ2v) is 5.29. The topological polar surface area (TPSA) is 39.2 Å². The van der Waals surface area contributed by atoms with Crippen LogP contribution in [0.5, 0.6) is 0 Å². The summed E-state index contributed by atoms with van der Waals surface area (Å²) in [6, 6.07) is 6.18. The summed E-state index contributed by atoms with van der Waals surface area (Å²) in [7, 11) is 0. The number of hydrogen-bond acceptors (Lipinski definition) is 4. The van der Waals surface area contributed by atoms with Crippen molar-refractivity contribution in [2.24, 2.45) is 0 Å². The number of hydrogen-bond donors (Lipinski definition) is 0. The van der Waals surface area contributed by atoms with Gasteiger partial charge < -0.3 is 4.74 Å². The molecule has 1 aromatic carbocycles. The van der Waals surface area contributed by atoms with Crippen molar-refractivity contribution in [3.63, 3.8) is 0 Å². The molecular formula is C14H14FNO2S. The molecule has 0 fully saturated rings. The van der Waals surface area contributed by atoms with Crippen LogP contribution < -0.4 is 0 Å². The van der Waals surface area contributed by atoms with E-state index in [2.05, 4.69) is 4.98 Å². The molecule has 0 N–H and O–H groups in total. The molecular weight excluding hydrogens is 265 g/mol. The summed E-state index contributed by atoms with van der Waals surface area (Å²) < 4.78 is 17.8. The summed E-state index contributed by atoms with van der Waals surface area (Å²) in [5.41, 5.74) is 1.65. The van der Waals surface area contributed by atoms with Gasteiger partial charge in [0.15, 0.2) is 0 Å². The zero-order chi connectivity index (χ0) is 13.8. The van der Waals surface area contributed by atoms with Gasteiger partial charge in [0.25, 0.3) is 0 Å². The molecule has 0 aliphatic rings. The van der Waals surface area contributed by atoms with Gasteiger partial charge in [-0.1, -0.05) is 0 Å². The molecule has 0 spiro atoms. The van der Waals surface area contributed by atoms with Crippen molar-refractivity contribution in [2.45, 2.75) is 20.3 Å². The lowest BCUT2D eigenvalue weighted by Crippen LogP contribution is -2.07. The Labute approximate surface area is 115 Å². The predicted molar refractivity (Wildman–Crippen MR) is 72.6 cm³/mol. The molecule has 1 aromatic heterocycles. The zero-order valence-electron chi connectivity index (χ0n) is 10.8. The minimum Gasteiger partial charge on any atom is -0.466 e. The molecule has 0 aliphatic carbocycles. The Bertz CT molecular complexity index is 578. The normalized spacial score (nSPS) is 10.5. The first kappa shape index (κ1) is 13.7. The van der Waals surface area contributed by atoms with Gasteiger partial charge in [-0.25, -0.2) is 9.37 Å². The second-order valence-electron chi connectivity index (χ2n) is 4.00. The number of thiazole rings is 1. The molecule has 2 aromatic rings. The van der Waals surface area contributed by atoms with E-state index in [1.54, 1.807) is 19.1 Å². The Hall–Kier alpha value is -1.75. The summed E-state index contributed by atoms with van der Waals surface area (Å²) in [5.74, 6) is -0.551. The molecule has 19 heavy (non-hydrogen) atoms. The third kappa shape index (κ3) is 3.38. The van der Waals surface area contributed by atoms with Crippen LogP contribution in [-0.4, -0.2) is 17.6 Å². The number of esters is 1. The third-order valence-electron chi connectivity index (χ3n) is 2.56. The maximum atomic E-state index is 12.9. The molecule has 0 bridgehead atoms. The van der Waals surface area contributed by atoms with Crippen molar-refractivity contribution >= 4 is 17.3 Å². The van der Waals surface area contributed by atoms with E-state index in [1.807, 2.05) is 6.92 Å². The number of halogens is 1. The van der Waals surface area contributed by atoms with Crippen molar-refractivity contribution in [3.05, 3.63) is 40.0 Å². The van der Waals surface area contributed by atoms with Crippen LogP contribution >= 0.6 is 11.3 Å². The molecule has 0 radical (unpaired) electrons. The predicted octanol–water partition coefficient (Wildman–Crippen LogP) is 3.36. The minimum absolute atomic E-state index is 0.181. The van der Waals surface area contributed by atoms with Gasteiger partial charge in [0.2, 0.25) is 0 Å². The maximum absolute atomic E-state index is 12.9. The van der Waals surface area contributed by atoms with Crippen LogP contribution in [0.1, 0.15) is 16.8 Å². The first-order valence-corrected chi connectivity index (χ1v) is 6.79. The first-order chi connectivity index (χ1) is 9.10. The Morgan fingerprint density at radius 2 is 2.05 bits per heavy atom. The highest BCUT2D eigenvalue weighted by Crippen LogP contribution is 2.27. The molecule has 1 heterocycles. The number of carbonyl (C=O) groups excluding carboxylic acids is 1. The molecule has 2 rings (SSSR count). The van der Waals surface area contributed by atoms with Gasteiger partial charge in [-0.05, 0) is 38.1 Å². The van der Waals surface area contributed by atoms with Gasteiger partial charge in [0, 0.05) is 10.4 Å². The lowest BCUT2D eigenvalue weighted by molar-refractivity contribution is -0.142. The summed E-state index contributed by atoms with van der Waals surface area (Å²) in [5, 5.41) is 0.718. The van der Waals surface area contributed by atoms with Crippen LogP contribution in [-0.2, 0) is 16.0 Å². The van der Waals surface area contributed by atoms with Crippen LogP contribution in [0.15, 0.2) is 24.3 Å². The summed E-state index contributed by atoms with van der Waals surface area (Å²) in [6.07, 6.45) is 0.181. The average molecular weight is 279 g/mol. The highest BCUT2D eigenvalue weighted by Gasteiger charge is 2.13. The maximum Gasteiger partial charge on any atom is 0.312 e. The molecule has 3 nitrogen and oxygen atoms in total. The number of ether oxygens (including phenoxy) is 1. The summed E-state index contributed by atoms with van der Waals surface area (Å²) in [4.78, 5) is 16.8. The minimum atomic E-state index is -0.276. The smallest absolute Gasteiger partial charge is 0.312 e. The van der Waals surface area contributed by atoms with E-state index < -0.39 is 0 Å². The van der Waals surface area contributed by atoms with E-state index in [0.29, 0.717) is 6.61 Å². The Morgan fingerprint density at radius 1 is 1.37 bits per heavy atom. The fourth-order valence-electron chi connectivity index (χ4n) is 1.74. The molecule has 5 heteroatoms. The van der Waals surface area contributed by atoms with Crippen LogP contribution in [0.3, 0.4) is 0 Å². The van der Waals surface area contributed by atoms with Crippen molar-refractivity contribution in [3.8, 4) is 11.3 Å². The van der Waals surface area contributed by atoms with Crippen LogP contribution in [0, 0.1) is 12.7 Å². The SMILES string of the molecule is CCOC(=O)Cc1nc(-c2ccc(F)cc2)c(C)s1. The van der Waals surface area contributed by atoms with Crippen molar-refractivity contribution in [2.75, 3.05) is 6.61 Å². The number of benzene rings is 1. The van der Waals surface area contributed by atoms with Crippen LogP contribution in [0.4, 0.5) is 4.39 Å². The largest absolute Gasteiger partial charge is 0.466 e. The molecule has 0 amide bonds. The molecule has 0 aliphatic heterocycles. The van der Waals surface area contributed by atoms with E-state index in [9.17, 15) is 9.18 Å². The number of aryl methyl sites for hydroxylation is 1. The first-order valence-electron chi connectivity index (χ1n) is 5.98. The summed E-state index contributed by atoms with van der Waals surface area (Å²) >= 11 is 1.46. The lowest BCUT2D eigenvalue weighted by Gasteiger charge is -1.98. The highest BCUT2D eigenvalue weighted by molar-refractivity contribution is 7.12. The molecule has 100 valence electrons. The quantitative estimate of drug-likeness (QED) is 0.806. The van der Waals surface area contributed by atoms with Gasteiger partial charge in [-0.3, -0.25) is 4.79 Å². The lowest BCUT2D eigenvalue weighted by atomic mass is 10.1. The zero-order valence-corrected chi connectivity index (χ0v) is 11.6. The van der Waals surface area contributed by atoms with Gasteiger partial charge in [-0.2, -0.15) is 0 Å². The highest BCUT2D eigenvalue weighted by atomic mass is 32.1. The van der Waals surface area contributed by atoms with Crippen molar-refractivity contribution in [1.82, 2.24) is 4.98 Å². The molecule has 0 saturated heterocycles. The van der Waals surface area contributed by atoms with Gasteiger partial charge >= 0.3 is 5.97 Å². The third-order valence-corrected chi connectivity index (χ3v) is 3.53. The molecule has 0 atom stereocenters. The van der Waals surface area contributed by atoms with E-state index in [4.69, 9.17) is 4.74 Å². The number of rotatable bonds is 4. The standard InChI is InChI=1S/C14H14FNO2S/c1-3-18-13(17)8-12-16-14(9(2)19-12)10-4-6-11(15)7-5-10/h4-7H,3,8H2,1-2H3. The van der Waals surface area contributed by atoms with E-state index in [1.165, 1.54) is 23.5 Å². The Morgan fingerprint density at radius 3 is 2.68 bits per heavy atom. The molecule has 0 unspecified atom stereocenters. The van der Waals surface area contributed by atoms with Gasteiger partial charge in [0.1, 0.15) is 10.8 Å². The summed E-state index contributed by atoms with van der Waals surface area (Å²) in [6.45, 7) is 4.08. The Kier molecular flexibility index (Phi) is 4.27. The monoisotopic (exact) mass is 279 g/mol. The number of aromatic nitrogens is 1. The van der Waals surface area contributed by atoms with Gasteiger partial charge in [-0.15, -0.1) is 11.3 Å². The fourth-order valence-corrected chi connectivity index (χ4v) is 2.68. The van der Waals surface area contributed by atoms with Crippen molar-refractivity contribution in [1.29, 1.82) is 0 Å². The van der Waals surface area contributed by atoms with E-state index >= 15 is 0 Å². The number of carbonyl (C=O) groups is 1. The van der Waals surface area contributed by atoms with Crippen molar-refractivity contribution < 1.29 is 13.9 Å². The second kappa shape index (κ2) is 5.93. The van der Waals surface area contributed by atoms with Crippen LogP contribution in [0.2, 0.25) is 0 Å². The van der Waals surface area contributed by atoms with E-state index in [-0.39, 0.29) is 18.2 Å².